The second-order valence-electron chi connectivity index (χ2n) is 4.91. The minimum Gasteiger partial charge on any atom is -0.391 e. The molecule has 1 saturated carbocycles. The maximum Gasteiger partial charge on any atom is 0.275 e. The first-order valence-corrected chi connectivity index (χ1v) is 6.21. The van der Waals surface area contributed by atoms with E-state index in [2.05, 4.69) is 4.90 Å². The summed E-state index contributed by atoms with van der Waals surface area (Å²) in [7, 11) is 1.99. The van der Waals surface area contributed by atoms with Gasteiger partial charge in [0.05, 0.1) is 17.1 Å². The maximum atomic E-state index is 10.8. The average molecular weight is 250 g/mol. The van der Waals surface area contributed by atoms with Crippen LogP contribution in [0.2, 0.25) is 0 Å². The molecule has 1 N–H and O–H groups in total. The second kappa shape index (κ2) is 5.35. The normalized spacial score (nSPS) is 15.2. The fourth-order valence-electron chi connectivity index (χ4n) is 2.28. The number of nitro groups is 1. The summed E-state index contributed by atoms with van der Waals surface area (Å²) in [6, 6.07) is 4.92. The summed E-state index contributed by atoms with van der Waals surface area (Å²) >= 11 is 0. The van der Waals surface area contributed by atoms with E-state index in [0.29, 0.717) is 5.56 Å². The van der Waals surface area contributed by atoms with Crippen LogP contribution in [0, 0.1) is 16.0 Å². The van der Waals surface area contributed by atoms with Crippen LogP contribution in [0.3, 0.4) is 0 Å². The van der Waals surface area contributed by atoms with Crippen LogP contribution >= 0.6 is 0 Å². The SMILES string of the molecule is CN(CC1CCC1)c1ccc([N+](=O)[O-])c(CO)c1. The molecule has 1 fully saturated rings. The van der Waals surface area contributed by atoms with E-state index < -0.39 is 4.92 Å². The Kier molecular flexibility index (Phi) is 3.81. The number of aliphatic hydroxyl groups is 1. The predicted octanol–water partition coefficient (Wildman–Crippen LogP) is 2.32. The molecule has 0 unspecified atom stereocenters. The molecule has 1 aromatic rings. The third kappa shape index (κ3) is 2.61. The fourth-order valence-corrected chi connectivity index (χ4v) is 2.28. The maximum absolute atomic E-state index is 10.8. The molecule has 1 aliphatic carbocycles. The molecule has 0 spiro atoms. The summed E-state index contributed by atoms with van der Waals surface area (Å²) in [6.45, 7) is 0.671. The first-order chi connectivity index (χ1) is 8.61. The lowest BCUT2D eigenvalue weighted by Crippen LogP contribution is -2.29. The van der Waals surface area contributed by atoms with Crippen LogP contribution < -0.4 is 4.90 Å². The highest BCUT2D eigenvalue weighted by atomic mass is 16.6. The Morgan fingerprint density at radius 2 is 2.22 bits per heavy atom. The quantitative estimate of drug-likeness (QED) is 0.643. The van der Waals surface area contributed by atoms with Crippen LogP contribution in [-0.4, -0.2) is 23.6 Å². The molecule has 0 radical (unpaired) electrons. The number of aliphatic hydroxyl groups excluding tert-OH is 1. The van der Waals surface area contributed by atoms with Crippen LogP contribution in [0.15, 0.2) is 18.2 Å². The van der Waals surface area contributed by atoms with E-state index in [1.165, 1.54) is 25.3 Å². The Bertz CT molecular complexity index is 444. The minimum absolute atomic E-state index is 0.0155. The number of hydrogen-bond donors (Lipinski definition) is 1. The Labute approximate surface area is 106 Å². The van der Waals surface area contributed by atoms with Gasteiger partial charge in [-0.15, -0.1) is 0 Å². The molecule has 0 aliphatic heterocycles. The van der Waals surface area contributed by atoms with Crippen molar-refractivity contribution in [2.45, 2.75) is 25.9 Å². The Balaban J connectivity index is 2.15. The van der Waals surface area contributed by atoms with Crippen LogP contribution in [0.25, 0.3) is 0 Å². The Morgan fingerprint density at radius 1 is 1.50 bits per heavy atom. The molecule has 0 aromatic heterocycles. The average Bonchev–Trinajstić information content (AvgIpc) is 2.32. The van der Waals surface area contributed by atoms with Crippen LogP contribution in [-0.2, 0) is 6.61 Å². The molecule has 0 bridgehead atoms. The monoisotopic (exact) mass is 250 g/mol. The lowest BCUT2D eigenvalue weighted by molar-refractivity contribution is -0.385. The number of rotatable bonds is 5. The van der Waals surface area contributed by atoms with Crippen molar-refractivity contribution in [2.75, 3.05) is 18.5 Å². The Hall–Kier alpha value is -1.62. The zero-order chi connectivity index (χ0) is 13.1. The highest BCUT2D eigenvalue weighted by Gasteiger charge is 2.20. The molecule has 98 valence electrons. The first kappa shape index (κ1) is 12.8. The largest absolute Gasteiger partial charge is 0.391 e. The molecule has 5 nitrogen and oxygen atoms in total. The van der Waals surface area contributed by atoms with Crippen LogP contribution in [0.5, 0.6) is 0 Å². The summed E-state index contributed by atoms with van der Waals surface area (Å²) < 4.78 is 0. The van der Waals surface area contributed by atoms with Gasteiger partial charge in [-0.05, 0) is 30.9 Å². The minimum atomic E-state index is -0.457. The van der Waals surface area contributed by atoms with Gasteiger partial charge >= 0.3 is 0 Å². The van der Waals surface area contributed by atoms with Gasteiger partial charge in [-0.1, -0.05) is 6.42 Å². The number of hydrogen-bond acceptors (Lipinski definition) is 4. The van der Waals surface area contributed by atoms with Crippen LogP contribution in [0.1, 0.15) is 24.8 Å². The predicted molar refractivity (Wildman–Crippen MR) is 69.6 cm³/mol. The van der Waals surface area contributed by atoms with Gasteiger partial charge in [-0.2, -0.15) is 0 Å². The molecule has 1 aliphatic rings. The zero-order valence-electron chi connectivity index (χ0n) is 10.5. The van der Waals surface area contributed by atoms with E-state index in [-0.39, 0.29) is 12.3 Å². The smallest absolute Gasteiger partial charge is 0.275 e. The molecule has 0 amide bonds. The lowest BCUT2D eigenvalue weighted by atomic mass is 9.85. The number of benzene rings is 1. The first-order valence-electron chi connectivity index (χ1n) is 6.21. The van der Waals surface area contributed by atoms with Gasteiger partial charge in [-0.25, -0.2) is 0 Å². The summed E-state index contributed by atoms with van der Waals surface area (Å²) in [5.41, 5.74) is 1.29. The van der Waals surface area contributed by atoms with E-state index in [0.717, 1.165) is 18.2 Å². The number of nitro benzene ring substituents is 1. The van der Waals surface area contributed by atoms with Gasteiger partial charge < -0.3 is 10.0 Å². The Morgan fingerprint density at radius 3 is 2.72 bits per heavy atom. The van der Waals surface area contributed by atoms with E-state index in [1.54, 1.807) is 12.1 Å². The van der Waals surface area contributed by atoms with Crippen molar-refractivity contribution < 1.29 is 10.0 Å². The third-order valence-corrected chi connectivity index (χ3v) is 3.63. The highest BCUT2D eigenvalue weighted by molar-refractivity contribution is 5.55. The highest BCUT2D eigenvalue weighted by Crippen LogP contribution is 2.30. The second-order valence-corrected chi connectivity index (χ2v) is 4.91. The van der Waals surface area contributed by atoms with E-state index in [9.17, 15) is 15.2 Å². The fraction of sp³-hybridized carbons (Fsp3) is 0.538. The molecule has 0 saturated heterocycles. The lowest BCUT2D eigenvalue weighted by Gasteiger charge is -2.31. The standard InChI is InChI=1S/C13H18N2O3/c1-14(8-10-3-2-4-10)12-5-6-13(15(17)18)11(7-12)9-16/h5-7,10,16H,2-4,8-9H2,1H3. The summed E-state index contributed by atoms with van der Waals surface area (Å²) in [6.07, 6.45) is 3.84. The zero-order valence-corrected chi connectivity index (χ0v) is 10.5. The van der Waals surface area contributed by atoms with Gasteiger partial charge in [0.25, 0.3) is 5.69 Å². The van der Waals surface area contributed by atoms with Gasteiger partial charge in [-0.3, -0.25) is 10.1 Å². The van der Waals surface area contributed by atoms with E-state index in [1.807, 2.05) is 7.05 Å². The van der Waals surface area contributed by atoms with Gasteiger partial charge in [0.2, 0.25) is 0 Å². The summed E-state index contributed by atoms with van der Waals surface area (Å²) in [5, 5.41) is 20.0. The molecule has 0 atom stereocenters. The van der Waals surface area contributed by atoms with E-state index in [4.69, 9.17) is 0 Å². The van der Waals surface area contributed by atoms with Crippen LogP contribution in [0.4, 0.5) is 11.4 Å². The van der Waals surface area contributed by atoms with Gasteiger partial charge in [0.15, 0.2) is 0 Å². The van der Waals surface area contributed by atoms with Crippen molar-refractivity contribution in [3.05, 3.63) is 33.9 Å². The van der Waals surface area contributed by atoms with E-state index >= 15 is 0 Å². The molecular weight excluding hydrogens is 232 g/mol. The van der Waals surface area contributed by atoms with Crippen molar-refractivity contribution >= 4 is 11.4 Å². The topological polar surface area (TPSA) is 66.6 Å². The van der Waals surface area contributed by atoms with Crippen molar-refractivity contribution in [1.82, 2.24) is 0 Å². The number of nitrogens with zero attached hydrogens (tertiary/aromatic N) is 2. The van der Waals surface area contributed by atoms with Gasteiger partial charge in [0, 0.05) is 25.3 Å². The summed E-state index contributed by atoms with van der Waals surface area (Å²) in [5.74, 6) is 0.739. The molecule has 18 heavy (non-hydrogen) atoms. The van der Waals surface area contributed by atoms with Crippen molar-refractivity contribution in [2.24, 2.45) is 5.92 Å². The number of anilines is 1. The third-order valence-electron chi connectivity index (χ3n) is 3.63. The molecule has 1 aromatic carbocycles. The van der Waals surface area contributed by atoms with Crippen molar-refractivity contribution in [3.63, 3.8) is 0 Å². The molecule has 5 heteroatoms. The van der Waals surface area contributed by atoms with Gasteiger partial charge in [0.1, 0.15) is 0 Å². The van der Waals surface area contributed by atoms with Crippen molar-refractivity contribution in [3.8, 4) is 0 Å². The molecular formula is C13H18N2O3. The molecule has 0 heterocycles. The van der Waals surface area contributed by atoms with Crippen molar-refractivity contribution in [1.29, 1.82) is 0 Å². The molecule has 2 rings (SSSR count). The summed E-state index contributed by atoms with van der Waals surface area (Å²) in [4.78, 5) is 12.4.